The third-order valence-electron chi connectivity index (χ3n) is 8.21. The molecular formula is C23H41N3O. The fourth-order valence-electron chi connectivity index (χ4n) is 6.29. The van der Waals surface area contributed by atoms with E-state index in [0.717, 1.165) is 36.4 Å². The van der Waals surface area contributed by atoms with Gasteiger partial charge in [-0.05, 0) is 68.9 Å². The molecule has 0 radical (unpaired) electrons. The molecule has 1 aliphatic carbocycles. The van der Waals surface area contributed by atoms with Crippen molar-refractivity contribution in [1.82, 2.24) is 14.7 Å². The van der Waals surface area contributed by atoms with Gasteiger partial charge in [0.05, 0.1) is 0 Å². The van der Waals surface area contributed by atoms with E-state index in [-0.39, 0.29) is 5.92 Å². The van der Waals surface area contributed by atoms with E-state index in [4.69, 9.17) is 0 Å². The molecule has 0 N–H and O–H groups in total. The maximum absolute atomic E-state index is 12.2. The van der Waals surface area contributed by atoms with Gasteiger partial charge in [0.25, 0.3) is 0 Å². The summed E-state index contributed by atoms with van der Waals surface area (Å²) in [5.74, 6) is 2.37. The standard InChI is InChI=1S/C23H41N3O/c1-17(2)19-13-23(14-19)15-26(16-23)21-5-9-24(10-6-21)20-7-11-25(12-8-20)22(27)18(3)4/h17-21H,5-16H2,1-4H3. The van der Waals surface area contributed by atoms with Crippen LogP contribution in [0, 0.1) is 23.2 Å². The van der Waals surface area contributed by atoms with Crippen LogP contribution in [0.15, 0.2) is 0 Å². The first-order valence-electron chi connectivity index (χ1n) is 11.6. The summed E-state index contributed by atoms with van der Waals surface area (Å²) in [6.07, 6.45) is 8.05. The monoisotopic (exact) mass is 375 g/mol. The molecule has 1 spiro atoms. The molecule has 4 heteroatoms. The minimum atomic E-state index is 0.142. The number of piperidine rings is 2. The Morgan fingerprint density at radius 3 is 1.85 bits per heavy atom. The Balaban J connectivity index is 1.16. The van der Waals surface area contributed by atoms with Crippen molar-refractivity contribution < 1.29 is 4.79 Å². The van der Waals surface area contributed by atoms with Crippen LogP contribution in [-0.2, 0) is 4.79 Å². The van der Waals surface area contributed by atoms with Crippen molar-refractivity contribution in [2.45, 2.75) is 78.3 Å². The molecule has 27 heavy (non-hydrogen) atoms. The number of amides is 1. The van der Waals surface area contributed by atoms with Crippen molar-refractivity contribution in [2.75, 3.05) is 39.3 Å². The molecule has 4 fully saturated rings. The van der Waals surface area contributed by atoms with E-state index in [1.165, 1.54) is 64.7 Å². The number of hydrogen-bond donors (Lipinski definition) is 0. The summed E-state index contributed by atoms with van der Waals surface area (Å²) in [4.78, 5) is 19.8. The van der Waals surface area contributed by atoms with Gasteiger partial charge in [-0.3, -0.25) is 9.69 Å². The Bertz CT molecular complexity index is 516. The summed E-state index contributed by atoms with van der Waals surface area (Å²) in [6, 6.07) is 1.55. The molecule has 1 amide bonds. The molecule has 4 nitrogen and oxygen atoms in total. The summed E-state index contributed by atoms with van der Waals surface area (Å²) in [7, 11) is 0. The first kappa shape index (κ1) is 19.7. The highest BCUT2D eigenvalue weighted by Gasteiger charge is 2.54. The van der Waals surface area contributed by atoms with Crippen LogP contribution in [0.2, 0.25) is 0 Å². The maximum atomic E-state index is 12.2. The van der Waals surface area contributed by atoms with E-state index >= 15 is 0 Å². The highest BCUT2D eigenvalue weighted by molar-refractivity contribution is 5.78. The summed E-state index contributed by atoms with van der Waals surface area (Å²) in [5.41, 5.74) is 0.724. The van der Waals surface area contributed by atoms with Gasteiger partial charge in [0, 0.05) is 44.2 Å². The molecule has 4 aliphatic rings. The second-order valence-electron chi connectivity index (χ2n) is 10.8. The van der Waals surface area contributed by atoms with E-state index in [1.54, 1.807) is 0 Å². The van der Waals surface area contributed by atoms with Gasteiger partial charge in [0.1, 0.15) is 0 Å². The number of carbonyl (C=O) groups excluding carboxylic acids is 1. The lowest BCUT2D eigenvalue weighted by Gasteiger charge is -2.62. The van der Waals surface area contributed by atoms with Gasteiger partial charge in [-0.1, -0.05) is 27.7 Å². The van der Waals surface area contributed by atoms with Gasteiger partial charge in [-0.25, -0.2) is 0 Å². The zero-order valence-electron chi connectivity index (χ0n) is 18.1. The third-order valence-corrected chi connectivity index (χ3v) is 8.21. The molecule has 154 valence electrons. The molecule has 3 saturated heterocycles. The van der Waals surface area contributed by atoms with Crippen LogP contribution in [0.3, 0.4) is 0 Å². The second-order valence-corrected chi connectivity index (χ2v) is 10.8. The third kappa shape index (κ3) is 3.94. The lowest BCUT2D eigenvalue weighted by molar-refractivity contribution is -0.137. The maximum Gasteiger partial charge on any atom is 0.225 e. The molecular weight excluding hydrogens is 334 g/mol. The molecule has 0 aromatic carbocycles. The summed E-state index contributed by atoms with van der Waals surface area (Å²) >= 11 is 0. The van der Waals surface area contributed by atoms with Crippen LogP contribution in [-0.4, -0.2) is 72.0 Å². The van der Waals surface area contributed by atoms with E-state index < -0.39 is 0 Å². The highest BCUT2D eigenvalue weighted by atomic mass is 16.2. The predicted molar refractivity (Wildman–Crippen MR) is 111 cm³/mol. The molecule has 0 bridgehead atoms. The molecule has 0 unspecified atom stereocenters. The Hall–Kier alpha value is -0.610. The smallest absolute Gasteiger partial charge is 0.225 e. The number of hydrogen-bond acceptors (Lipinski definition) is 3. The van der Waals surface area contributed by atoms with Gasteiger partial charge in [-0.2, -0.15) is 0 Å². The molecule has 3 aliphatic heterocycles. The first-order valence-corrected chi connectivity index (χ1v) is 11.6. The lowest BCUT2D eigenvalue weighted by Crippen LogP contribution is -2.66. The molecule has 0 aromatic rings. The molecule has 0 atom stereocenters. The van der Waals surface area contributed by atoms with Crippen LogP contribution in [0.4, 0.5) is 0 Å². The van der Waals surface area contributed by atoms with Gasteiger partial charge in [0.2, 0.25) is 5.91 Å². The number of likely N-dealkylation sites (tertiary alicyclic amines) is 3. The SMILES string of the molecule is CC(C)C(=O)N1CCC(N2CCC(N3CC4(CC(C(C)C)C4)C3)CC2)CC1. The van der Waals surface area contributed by atoms with E-state index in [0.29, 0.717) is 11.9 Å². The molecule has 1 saturated carbocycles. The number of rotatable bonds is 4. The van der Waals surface area contributed by atoms with Crippen LogP contribution >= 0.6 is 0 Å². The average molecular weight is 376 g/mol. The Kier molecular flexibility index (Phi) is 5.59. The zero-order valence-corrected chi connectivity index (χ0v) is 18.1. The fourth-order valence-corrected chi connectivity index (χ4v) is 6.29. The van der Waals surface area contributed by atoms with Gasteiger partial charge in [-0.15, -0.1) is 0 Å². The summed E-state index contributed by atoms with van der Waals surface area (Å²) < 4.78 is 0. The van der Waals surface area contributed by atoms with Crippen molar-refractivity contribution in [3.63, 3.8) is 0 Å². The largest absolute Gasteiger partial charge is 0.342 e. The van der Waals surface area contributed by atoms with Crippen LogP contribution in [0.5, 0.6) is 0 Å². The minimum absolute atomic E-state index is 0.142. The Labute approximate surface area is 166 Å². The molecule has 3 heterocycles. The van der Waals surface area contributed by atoms with Crippen molar-refractivity contribution in [1.29, 1.82) is 0 Å². The lowest BCUT2D eigenvalue weighted by atomic mass is 9.55. The quantitative estimate of drug-likeness (QED) is 0.753. The highest BCUT2D eigenvalue weighted by Crippen LogP contribution is 2.55. The van der Waals surface area contributed by atoms with Crippen LogP contribution in [0.25, 0.3) is 0 Å². The summed E-state index contributed by atoms with van der Waals surface area (Å²) in [6.45, 7) is 16.1. The van der Waals surface area contributed by atoms with Gasteiger partial charge < -0.3 is 9.80 Å². The normalized spacial score (nSPS) is 28.7. The van der Waals surface area contributed by atoms with Crippen molar-refractivity contribution in [3.05, 3.63) is 0 Å². The average Bonchev–Trinajstić information content (AvgIpc) is 2.59. The van der Waals surface area contributed by atoms with Crippen LogP contribution < -0.4 is 0 Å². The molecule has 0 aromatic heterocycles. The van der Waals surface area contributed by atoms with E-state index in [9.17, 15) is 4.79 Å². The number of nitrogens with zero attached hydrogens (tertiary/aromatic N) is 3. The predicted octanol–water partition coefficient (Wildman–Crippen LogP) is 3.47. The fraction of sp³-hybridized carbons (Fsp3) is 0.957. The molecule has 4 rings (SSSR count). The van der Waals surface area contributed by atoms with E-state index in [1.807, 2.05) is 13.8 Å². The topological polar surface area (TPSA) is 26.8 Å². The summed E-state index contributed by atoms with van der Waals surface area (Å²) in [5, 5.41) is 0. The first-order chi connectivity index (χ1) is 12.9. The Morgan fingerprint density at radius 2 is 1.33 bits per heavy atom. The minimum Gasteiger partial charge on any atom is -0.342 e. The van der Waals surface area contributed by atoms with Crippen molar-refractivity contribution in [2.24, 2.45) is 23.2 Å². The van der Waals surface area contributed by atoms with Crippen molar-refractivity contribution in [3.8, 4) is 0 Å². The van der Waals surface area contributed by atoms with Crippen molar-refractivity contribution >= 4 is 5.91 Å². The number of carbonyl (C=O) groups is 1. The van der Waals surface area contributed by atoms with Gasteiger partial charge >= 0.3 is 0 Å². The second kappa shape index (κ2) is 7.67. The van der Waals surface area contributed by atoms with Gasteiger partial charge in [0.15, 0.2) is 0 Å². The zero-order chi connectivity index (χ0) is 19.2. The van der Waals surface area contributed by atoms with E-state index in [2.05, 4.69) is 28.5 Å². The Morgan fingerprint density at radius 1 is 0.815 bits per heavy atom. The van der Waals surface area contributed by atoms with Crippen LogP contribution in [0.1, 0.15) is 66.2 Å².